The second-order valence-corrected chi connectivity index (χ2v) is 44.1. The highest BCUT2D eigenvalue weighted by atomic mass is 32.1. The molecule has 4 saturated carbocycles. The molecule has 4 aromatic heterocycles. The Balaban J connectivity index is 0.0000000996. The fourth-order valence-corrected chi connectivity index (χ4v) is 31.8. The summed E-state index contributed by atoms with van der Waals surface area (Å²) in [6.07, 6.45) is 33.6. The number of fused-ring (bicyclic) bond motifs is 24. The Morgan fingerprint density at radius 2 is 0.595 bits per heavy atom. The van der Waals surface area contributed by atoms with Crippen LogP contribution in [0.2, 0.25) is 0 Å². The first-order valence-electron chi connectivity index (χ1n) is 47.4. The number of allylic oxidation sites excluding steroid dienone is 4. The third-order valence-electron chi connectivity index (χ3n) is 33.7. The predicted octanol–water partition coefficient (Wildman–Crippen LogP) is 31.6. The molecule has 8 heteroatoms. The summed E-state index contributed by atoms with van der Waals surface area (Å²) < 4.78 is 5.78. The van der Waals surface area contributed by atoms with Gasteiger partial charge in [-0.05, 0) is 325 Å². The Labute approximate surface area is 737 Å². The number of rotatable bonds is 9. The molecule has 4 fully saturated rings. The van der Waals surface area contributed by atoms with Crippen LogP contribution in [0.5, 0.6) is 0 Å². The fourth-order valence-electron chi connectivity index (χ4n) is 27.1. The van der Waals surface area contributed by atoms with Crippen LogP contribution in [0.4, 0.5) is 22.7 Å². The zero-order valence-corrected chi connectivity index (χ0v) is 76.9. The molecule has 4 nitrogen and oxygen atoms in total. The average Bonchev–Trinajstić information content (AvgIpc) is 1.58. The Bertz CT molecular complexity index is 6040. The molecule has 0 amide bonds. The van der Waals surface area contributed by atoms with Gasteiger partial charge in [0.05, 0.1) is 0 Å². The number of aryl methyl sites for hydroxylation is 3. The summed E-state index contributed by atoms with van der Waals surface area (Å²) in [5.74, 6) is 13.3. The van der Waals surface area contributed by atoms with Gasteiger partial charge < -0.3 is 21.3 Å². The van der Waals surface area contributed by atoms with Gasteiger partial charge in [-0.25, -0.2) is 0 Å². The van der Waals surface area contributed by atoms with Crippen molar-refractivity contribution in [1.29, 1.82) is 0 Å². The van der Waals surface area contributed by atoms with Crippen molar-refractivity contribution >= 4 is 133 Å². The van der Waals surface area contributed by atoms with Crippen LogP contribution in [0.1, 0.15) is 269 Å². The van der Waals surface area contributed by atoms with Crippen LogP contribution in [-0.4, -0.2) is 24.2 Å². The van der Waals surface area contributed by atoms with Gasteiger partial charge in [-0.3, -0.25) is 0 Å². The van der Waals surface area contributed by atoms with Crippen molar-refractivity contribution in [1.82, 2.24) is 0 Å². The second-order valence-electron chi connectivity index (χ2n) is 39.8. The summed E-state index contributed by atoms with van der Waals surface area (Å²) >= 11 is 7.90. The largest absolute Gasteiger partial charge is 0.382 e. The molecule has 0 saturated heterocycles. The van der Waals surface area contributed by atoms with Gasteiger partial charge in [-0.1, -0.05) is 266 Å². The first-order chi connectivity index (χ1) is 59.0. The Morgan fingerprint density at radius 3 is 0.934 bits per heavy atom. The number of benzene rings is 8. The van der Waals surface area contributed by atoms with E-state index in [0.29, 0.717) is 148 Å². The Kier molecular flexibility index (Phi) is 21.4. The topological polar surface area (TPSA) is 48.1 Å². The number of para-hydroxylation sites is 4. The highest BCUT2D eigenvalue weighted by Gasteiger charge is 2.55. The van der Waals surface area contributed by atoms with Gasteiger partial charge in [0, 0.05) is 85.2 Å². The molecule has 0 bridgehead atoms. The molecule has 121 heavy (non-hydrogen) atoms. The summed E-state index contributed by atoms with van der Waals surface area (Å²) in [6.45, 7) is 31.7. The molecule has 24 atom stereocenters. The van der Waals surface area contributed by atoms with Crippen LogP contribution >= 0.6 is 45.3 Å². The molecule has 0 spiro atoms. The predicted molar refractivity (Wildman–Crippen MR) is 527 cm³/mol. The maximum Gasteiger partial charge on any atom is 0.0411 e. The SMILES string of the molecule is CC(C)C1CCc2cccc(C3C(C)C(C)C4c5c(sc6ccccc56)C=CC34)c2N1.CCC1CCc2cccc(C3C(C)C(C)C4c5c(sc6ccccc56)C=CC34)c2N1.CCC1Cc2cccc(C3C(C)C(C)C4c5c(sc6ccccc56)C=CC34)c2N1.CCCC1CCc2cccc(C3C(C)C(C)C4c5c(sc6ccccc56)C=CC34)c2N1. The third kappa shape index (κ3) is 13.3. The van der Waals surface area contributed by atoms with Crippen molar-refractivity contribution in [3.63, 3.8) is 0 Å². The van der Waals surface area contributed by atoms with E-state index >= 15 is 0 Å². The lowest BCUT2D eigenvalue weighted by Crippen LogP contribution is -2.31. The zero-order valence-electron chi connectivity index (χ0n) is 73.6. The van der Waals surface area contributed by atoms with Gasteiger partial charge >= 0.3 is 0 Å². The molecule has 0 radical (unpaired) electrons. The molecule has 24 rings (SSSR count). The minimum absolute atomic E-state index is 0.580. The highest BCUT2D eigenvalue weighted by molar-refractivity contribution is 7.21. The molecule has 4 aliphatic heterocycles. The quantitative estimate of drug-likeness (QED) is 0.116. The Hall–Kier alpha value is -8.24. The van der Waals surface area contributed by atoms with Gasteiger partial charge in [-0.15, -0.1) is 45.3 Å². The molecule has 12 aromatic rings. The van der Waals surface area contributed by atoms with Crippen LogP contribution in [0, 0.1) is 76.9 Å². The standard InChI is InChI=1S/2C29H33NS.C28H31NS.C27H29NS/c1-16(2)23-14-12-19-8-7-10-22(29(19)30-23)26-17(3)18(4)27-21(26)13-15-25-28(27)20-9-5-6-11-24(20)31-25;1-4-8-20-14-13-19-9-7-11-23(29(19)30-20)26-17(2)18(3)27-22(26)15-16-25-28(27)21-10-5-6-12-24(21)31-25;1-4-19-13-12-18-8-7-10-22(28(18)29-19)25-16(2)17(3)26-21(25)14-15-24-27(26)20-9-5-6-11-23(20)30-24;1-4-18-14-17-8-7-10-21(27(17)28-18)24-15(2)16(3)25-20(24)12-13-23-26(25)19-9-5-6-11-22(19)29-23/h5-11,13,15-18,21,23,26-27,30H,12,14H2,1-4H3;5-7,9-12,15-18,20,22,26-27,30H,4,8,13-14H2,1-3H3;5-11,14-17,19,21,25-26,29H,4,12-13H2,1-3H3;5-13,15-16,18,20,24-25,28H,4,14H2,1-3H3. The lowest BCUT2D eigenvalue weighted by Gasteiger charge is -2.35. The first kappa shape index (κ1) is 79.9. The molecule has 8 aromatic carbocycles. The zero-order chi connectivity index (χ0) is 82.5. The second kappa shape index (κ2) is 32.4. The van der Waals surface area contributed by atoms with Crippen molar-refractivity contribution in [3.8, 4) is 0 Å². The van der Waals surface area contributed by atoms with Crippen LogP contribution in [0.15, 0.2) is 194 Å². The molecular formula is C113H126N4S4. The summed E-state index contributed by atoms with van der Waals surface area (Å²) in [7, 11) is 0. The third-order valence-corrected chi connectivity index (χ3v) is 38.3. The van der Waals surface area contributed by atoms with E-state index in [4.69, 9.17) is 0 Å². The fraction of sp³-hybridized carbons (Fsp3) is 0.434. The lowest BCUT2D eigenvalue weighted by molar-refractivity contribution is 0.402. The number of nitrogens with one attached hydrogen (secondary N) is 4. The van der Waals surface area contributed by atoms with Crippen molar-refractivity contribution < 1.29 is 0 Å². The van der Waals surface area contributed by atoms with Gasteiger partial charge in [0.1, 0.15) is 0 Å². The number of hydrogen-bond donors (Lipinski definition) is 4. The molecule has 12 aliphatic rings. The van der Waals surface area contributed by atoms with Crippen molar-refractivity contribution in [2.45, 2.75) is 232 Å². The van der Waals surface area contributed by atoms with E-state index in [9.17, 15) is 0 Å². The highest BCUT2D eigenvalue weighted by Crippen LogP contribution is 2.67. The van der Waals surface area contributed by atoms with E-state index in [2.05, 4.69) is 330 Å². The first-order valence-corrected chi connectivity index (χ1v) is 50.6. The smallest absolute Gasteiger partial charge is 0.0411 e. The maximum atomic E-state index is 4.00. The van der Waals surface area contributed by atoms with Gasteiger partial charge in [0.2, 0.25) is 0 Å². The summed E-state index contributed by atoms with van der Waals surface area (Å²) in [6, 6.07) is 67.0. The number of thiophene rings is 4. The molecule has 8 aliphatic carbocycles. The monoisotopic (exact) mass is 1670 g/mol. The maximum absolute atomic E-state index is 4.00. The van der Waals surface area contributed by atoms with E-state index in [1.165, 1.54) is 175 Å². The van der Waals surface area contributed by atoms with Crippen LogP contribution in [0.3, 0.4) is 0 Å². The van der Waals surface area contributed by atoms with Crippen molar-refractivity contribution in [3.05, 3.63) is 280 Å². The Morgan fingerprint density at radius 1 is 0.306 bits per heavy atom. The minimum Gasteiger partial charge on any atom is -0.382 e. The van der Waals surface area contributed by atoms with Gasteiger partial charge in [0.15, 0.2) is 0 Å². The van der Waals surface area contributed by atoms with Crippen molar-refractivity contribution in [2.24, 2.45) is 76.9 Å². The van der Waals surface area contributed by atoms with E-state index in [-0.39, 0.29) is 0 Å². The number of anilines is 4. The van der Waals surface area contributed by atoms with Crippen molar-refractivity contribution in [2.75, 3.05) is 21.3 Å². The van der Waals surface area contributed by atoms with Crippen LogP contribution in [-0.2, 0) is 25.7 Å². The average molecular weight is 1670 g/mol. The van der Waals surface area contributed by atoms with Crippen LogP contribution in [0.25, 0.3) is 64.6 Å². The summed E-state index contributed by atoms with van der Waals surface area (Å²) in [5.41, 5.74) is 24.8. The molecule has 8 heterocycles. The normalized spacial score (nSPS) is 31.6. The molecule has 622 valence electrons. The minimum atomic E-state index is 0.580. The van der Waals surface area contributed by atoms with Gasteiger partial charge in [-0.2, -0.15) is 0 Å². The molecule has 24 unspecified atom stereocenters. The van der Waals surface area contributed by atoms with Crippen LogP contribution < -0.4 is 21.3 Å². The lowest BCUT2D eigenvalue weighted by atomic mass is 9.75. The molecule has 4 N–H and O–H groups in total. The molecular weight excluding hydrogens is 1540 g/mol. The van der Waals surface area contributed by atoms with E-state index < -0.39 is 0 Å². The summed E-state index contributed by atoms with van der Waals surface area (Å²) in [4.78, 5) is 5.99. The van der Waals surface area contributed by atoms with Gasteiger partial charge in [0.25, 0.3) is 0 Å². The van der Waals surface area contributed by atoms with E-state index in [0.717, 1.165) is 0 Å². The number of hydrogen-bond acceptors (Lipinski definition) is 8. The van der Waals surface area contributed by atoms with E-state index in [1.54, 1.807) is 44.5 Å². The summed E-state index contributed by atoms with van der Waals surface area (Å²) in [5, 5.41) is 21.8. The van der Waals surface area contributed by atoms with E-state index in [1.807, 2.05) is 45.3 Å².